The molecule has 0 saturated carbocycles. The van der Waals surface area contributed by atoms with Crippen LogP contribution in [0.1, 0.15) is 38.7 Å². The number of methoxy groups -OCH3 is 3. The number of ether oxygens (including phenoxy) is 3. The van der Waals surface area contributed by atoms with E-state index in [9.17, 15) is 9.59 Å². The number of amides is 2. The summed E-state index contributed by atoms with van der Waals surface area (Å²) in [6.45, 7) is 2.47. The highest BCUT2D eigenvalue weighted by Gasteiger charge is 2.21. The summed E-state index contributed by atoms with van der Waals surface area (Å²) in [5.74, 6) is 0.148. The van der Waals surface area contributed by atoms with Crippen LogP contribution >= 0.6 is 11.3 Å². The number of thiazole rings is 1. The summed E-state index contributed by atoms with van der Waals surface area (Å²) >= 11 is 1.36. The summed E-state index contributed by atoms with van der Waals surface area (Å²) in [5.41, 5.74) is 0.846. The summed E-state index contributed by atoms with van der Waals surface area (Å²) in [7, 11) is 4.80. The number of hydrogen-bond acceptors (Lipinski definition) is 7. The lowest BCUT2D eigenvalue weighted by molar-refractivity contribution is 0.0720. The average molecular weight is 436 g/mol. The highest BCUT2D eigenvalue weighted by molar-refractivity contribution is 7.09. The molecule has 0 fully saturated rings. The van der Waals surface area contributed by atoms with Crippen LogP contribution < -0.4 is 10.1 Å². The molecule has 2 aromatic rings. The molecule has 1 aromatic carbocycles. The van der Waals surface area contributed by atoms with Gasteiger partial charge in [-0.05, 0) is 25.0 Å². The van der Waals surface area contributed by atoms with Gasteiger partial charge < -0.3 is 24.4 Å². The summed E-state index contributed by atoms with van der Waals surface area (Å²) in [4.78, 5) is 31.5. The predicted octanol–water partition coefficient (Wildman–Crippen LogP) is 2.60. The van der Waals surface area contributed by atoms with Crippen LogP contribution in [0.25, 0.3) is 0 Å². The van der Waals surface area contributed by atoms with E-state index in [4.69, 9.17) is 14.2 Å². The molecule has 8 nitrogen and oxygen atoms in total. The average Bonchev–Trinajstić information content (AvgIpc) is 3.24. The number of hydrogen-bond donors (Lipinski definition) is 1. The Hall–Kier alpha value is -2.49. The van der Waals surface area contributed by atoms with Crippen LogP contribution in [0.2, 0.25) is 0 Å². The van der Waals surface area contributed by atoms with Crippen LogP contribution in [0.3, 0.4) is 0 Å². The lowest BCUT2D eigenvalue weighted by atomic mass is 10.1. The number of benzene rings is 1. The van der Waals surface area contributed by atoms with Gasteiger partial charge in [0.1, 0.15) is 16.5 Å². The van der Waals surface area contributed by atoms with E-state index >= 15 is 0 Å². The first-order valence-electron chi connectivity index (χ1n) is 9.73. The molecule has 30 heavy (non-hydrogen) atoms. The van der Waals surface area contributed by atoms with Gasteiger partial charge in [-0.1, -0.05) is 12.1 Å². The van der Waals surface area contributed by atoms with E-state index < -0.39 is 0 Å². The number of aromatic nitrogens is 1. The monoisotopic (exact) mass is 435 g/mol. The Bertz CT molecular complexity index is 811. The van der Waals surface area contributed by atoms with Gasteiger partial charge in [0.25, 0.3) is 11.8 Å². The van der Waals surface area contributed by atoms with Crippen molar-refractivity contribution < 1.29 is 23.8 Å². The molecule has 0 aliphatic rings. The lowest BCUT2D eigenvalue weighted by Gasteiger charge is -2.22. The number of para-hydroxylation sites is 1. The molecule has 0 saturated heterocycles. The quantitative estimate of drug-likeness (QED) is 0.487. The fraction of sp³-hybridized carbons (Fsp3) is 0.476. The normalized spacial score (nSPS) is 10.6. The molecule has 164 valence electrons. The fourth-order valence-corrected chi connectivity index (χ4v) is 3.59. The molecule has 0 aliphatic carbocycles. The minimum absolute atomic E-state index is 0.149. The second kappa shape index (κ2) is 12.9. The largest absolute Gasteiger partial charge is 0.496 e. The zero-order valence-corrected chi connectivity index (χ0v) is 18.5. The van der Waals surface area contributed by atoms with Gasteiger partial charge in [-0.2, -0.15) is 0 Å². The summed E-state index contributed by atoms with van der Waals surface area (Å²) < 4.78 is 15.4. The third kappa shape index (κ3) is 7.08. The van der Waals surface area contributed by atoms with Gasteiger partial charge in [0, 0.05) is 45.9 Å². The maximum absolute atomic E-state index is 13.2. The van der Waals surface area contributed by atoms with Crippen molar-refractivity contribution in [3.63, 3.8) is 0 Å². The van der Waals surface area contributed by atoms with E-state index in [0.717, 1.165) is 6.42 Å². The van der Waals surface area contributed by atoms with Crippen molar-refractivity contribution in [2.45, 2.75) is 19.4 Å². The maximum Gasteiger partial charge on any atom is 0.270 e. The van der Waals surface area contributed by atoms with Gasteiger partial charge in [-0.25, -0.2) is 4.98 Å². The molecule has 0 atom stereocenters. The Morgan fingerprint density at radius 1 is 1.10 bits per heavy atom. The Kier molecular flexibility index (Phi) is 10.3. The first-order valence-corrected chi connectivity index (χ1v) is 10.6. The summed E-state index contributed by atoms with van der Waals surface area (Å²) in [6.07, 6.45) is 1.43. The molecule has 0 aliphatic heterocycles. The third-order valence-corrected chi connectivity index (χ3v) is 5.16. The number of nitrogens with zero attached hydrogens (tertiary/aromatic N) is 2. The SMILES string of the molecule is COCCCNC(=O)c1csc(CN(CCCOC)C(=O)c2ccccc2OC)n1. The van der Waals surface area contributed by atoms with E-state index in [-0.39, 0.29) is 11.8 Å². The lowest BCUT2D eigenvalue weighted by Crippen LogP contribution is -2.32. The molecular formula is C21H29N3O5S. The van der Waals surface area contributed by atoms with E-state index in [2.05, 4.69) is 10.3 Å². The predicted molar refractivity (Wildman–Crippen MR) is 115 cm³/mol. The molecular weight excluding hydrogens is 406 g/mol. The minimum Gasteiger partial charge on any atom is -0.496 e. The third-order valence-electron chi connectivity index (χ3n) is 4.32. The molecule has 0 unspecified atom stereocenters. The smallest absolute Gasteiger partial charge is 0.270 e. The Morgan fingerprint density at radius 2 is 1.83 bits per heavy atom. The molecule has 1 heterocycles. The van der Waals surface area contributed by atoms with Crippen molar-refractivity contribution in [3.05, 3.63) is 45.9 Å². The molecule has 0 spiro atoms. The Balaban J connectivity index is 2.08. The van der Waals surface area contributed by atoms with Gasteiger partial charge in [0.2, 0.25) is 0 Å². The molecule has 0 radical (unpaired) electrons. The first-order chi connectivity index (χ1) is 14.6. The highest BCUT2D eigenvalue weighted by atomic mass is 32.1. The number of carbonyl (C=O) groups excluding carboxylic acids is 2. The van der Waals surface area contributed by atoms with Crippen molar-refractivity contribution in [3.8, 4) is 5.75 Å². The zero-order valence-electron chi connectivity index (χ0n) is 17.7. The molecule has 9 heteroatoms. The van der Waals surface area contributed by atoms with Crippen LogP contribution in [0.15, 0.2) is 29.6 Å². The maximum atomic E-state index is 13.2. The second-order valence-electron chi connectivity index (χ2n) is 6.50. The van der Waals surface area contributed by atoms with Gasteiger partial charge in [0.05, 0.1) is 19.2 Å². The van der Waals surface area contributed by atoms with Crippen molar-refractivity contribution in [2.24, 2.45) is 0 Å². The number of rotatable bonds is 13. The van der Waals surface area contributed by atoms with Gasteiger partial charge in [-0.3, -0.25) is 9.59 Å². The summed E-state index contributed by atoms with van der Waals surface area (Å²) in [5, 5.41) is 5.22. The van der Waals surface area contributed by atoms with Crippen molar-refractivity contribution >= 4 is 23.2 Å². The minimum atomic E-state index is -0.226. The Labute approximate surface area is 181 Å². The standard InChI is InChI=1S/C21H29N3O5S/c1-27-12-6-10-22-20(25)17-15-30-19(23-17)14-24(11-7-13-28-2)21(26)16-8-4-5-9-18(16)29-3/h4-5,8-9,15H,6-7,10-14H2,1-3H3,(H,22,25). The van der Waals surface area contributed by atoms with E-state index in [1.165, 1.54) is 11.3 Å². The van der Waals surface area contributed by atoms with E-state index in [0.29, 0.717) is 61.3 Å². The zero-order chi connectivity index (χ0) is 21.8. The van der Waals surface area contributed by atoms with Crippen LogP contribution in [0.4, 0.5) is 0 Å². The summed E-state index contributed by atoms with van der Waals surface area (Å²) in [6, 6.07) is 7.13. The molecule has 1 N–H and O–H groups in total. The van der Waals surface area contributed by atoms with Crippen LogP contribution in [-0.4, -0.2) is 69.3 Å². The number of nitrogens with one attached hydrogen (secondary N) is 1. The van der Waals surface area contributed by atoms with Crippen molar-refractivity contribution in [1.82, 2.24) is 15.2 Å². The van der Waals surface area contributed by atoms with Crippen LogP contribution in [0, 0.1) is 0 Å². The van der Waals surface area contributed by atoms with Gasteiger partial charge >= 0.3 is 0 Å². The first kappa shape index (κ1) is 23.8. The topological polar surface area (TPSA) is 90.0 Å². The van der Waals surface area contributed by atoms with Crippen LogP contribution in [-0.2, 0) is 16.0 Å². The second-order valence-corrected chi connectivity index (χ2v) is 7.44. The van der Waals surface area contributed by atoms with Gasteiger partial charge in [0.15, 0.2) is 0 Å². The Morgan fingerprint density at radius 3 is 2.57 bits per heavy atom. The fourth-order valence-electron chi connectivity index (χ4n) is 2.80. The molecule has 2 rings (SSSR count). The molecule has 2 amide bonds. The number of carbonyl (C=O) groups is 2. The van der Waals surface area contributed by atoms with E-state index in [1.54, 1.807) is 49.8 Å². The van der Waals surface area contributed by atoms with Crippen LogP contribution in [0.5, 0.6) is 5.75 Å². The molecule has 1 aromatic heterocycles. The van der Waals surface area contributed by atoms with Gasteiger partial charge in [-0.15, -0.1) is 11.3 Å². The molecule has 0 bridgehead atoms. The van der Waals surface area contributed by atoms with Crippen molar-refractivity contribution in [2.75, 3.05) is 47.6 Å². The highest BCUT2D eigenvalue weighted by Crippen LogP contribution is 2.21. The van der Waals surface area contributed by atoms with E-state index in [1.807, 2.05) is 6.07 Å². The van der Waals surface area contributed by atoms with Crippen molar-refractivity contribution in [1.29, 1.82) is 0 Å².